The Bertz CT molecular complexity index is 626. The minimum atomic E-state index is 0.375. The summed E-state index contributed by atoms with van der Waals surface area (Å²) in [7, 11) is 3.04. The number of halogens is 1. The molecule has 0 saturated carbocycles. The number of ether oxygens (including phenoxy) is 3. The monoisotopic (exact) mass is 350 g/mol. The van der Waals surface area contributed by atoms with Crippen LogP contribution in [0.3, 0.4) is 0 Å². The Kier molecular flexibility index (Phi) is 5.22. The first-order chi connectivity index (χ1) is 10.2. The third-order valence-corrected chi connectivity index (χ3v) is 3.76. The van der Waals surface area contributed by atoms with Crippen molar-refractivity contribution in [3.05, 3.63) is 52.0 Å². The maximum absolute atomic E-state index is 11.1. The predicted octanol–water partition coefficient (Wildman–Crippen LogP) is 3.86. The second-order valence-corrected chi connectivity index (χ2v) is 5.03. The normalized spacial score (nSPS) is 10.0. The summed E-state index contributed by atoms with van der Waals surface area (Å²) in [6.45, 7) is 0.375. The summed E-state index contributed by atoms with van der Waals surface area (Å²) < 4.78 is 17.0. The van der Waals surface area contributed by atoms with Crippen LogP contribution in [0.4, 0.5) is 0 Å². The predicted molar refractivity (Wildman–Crippen MR) is 83.4 cm³/mol. The van der Waals surface area contributed by atoms with Gasteiger partial charge in [-0.3, -0.25) is 4.79 Å². The molecule has 0 saturated heterocycles. The van der Waals surface area contributed by atoms with Crippen molar-refractivity contribution >= 4 is 22.2 Å². The van der Waals surface area contributed by atoms with Crippen LogP contribution in [0.25, 0.3) is 0 Å². The molecule has 2 aromatic carbocycles. The Balaban J connectivity index is 2.37. The highest BCUT2D eigenvalue weighted by molar-refractivity contribution is 9.10. The van der Waals surface area contributed by atoms with Crippen molar-refractivity contribution in [3.63, 3.8) is 0 Å². The highest BCUT2D eigenvalue weighted by Gasteiger charge is 2.19. The van der Waals surface area contributed by atoms with Crippen LogP contribution in [-0.4, -0.2) is 20.5 Å². The lowest BCUT2D eigenvalue weighted by Gasteiger charge is -2.16. The molecule has 0 N–H and O–H groups in total. The highest BCUT2D eigenvalue weighted by Crippen LogP contribution is 2.44. The lowest BCUT2D eigenvalue weighted by atomic mass is 10.2. The summed E-state index contributed by atoms with van der Waals surface area (Å²) in [5, 5.41) is 0. The number of methoxy groups -OCH3 is 2. The maximum Gasteiger partial charge on any atom is 0.205 e. The zero-order valence-corrected chi connectivity index (χ0v) is 13.3. The van der Waals surface area contributed by atoms with Crippen molar-refractivity contribution < 1.29 is 19.0 Å². The van der Waals surface area contributed by atoms with Gasteiger partial charge in [0.25, 0.3) is 0 Å². The lowest BCUT2D eigenvalue weighted by Crippen LogP contribution is -2.02. The molecule has 0 atom stereocenters. The van der Waals surface area contributed by atoms with Gasteiger partial charge in [0.1, 0.15) is 6.61 Å². The fourth-order valence-electron chi connectivity index (χ4n) is 1.90. The number of rotatable bonds is 6. The van der Waals surface area contributed by atoms with Gasteiger partial charge in [0.15, 0.2) is 17.8 Å². The Labute approximate surface area is 131 Å². The molecule has 0 heterocycles. The second-order valence-electron chi connectivity index (χ2n) is 4.24. The van der Waals surface area contributed by atoms with Gasteiger partial charge in [-0.25, -0.2) is 0 Å². The van der Waals surface area contributed by atoms with Gasteiger partial charge < -0.3 is 14.2 Å². The molecule has 0 spiro atoms. The smallest absolute Gasteiger partial charge is 0.205 e. The quantitative estimate of drug-likeness (QED) is 0.742. The van der Waals surface area contributed by atoms with E-state index in [4.69, 9.17) is 14.2 Å². The Hall–Kier alpha value is -2.01. The van der Waals surface area contributed by atoms with Crippen LogP contribution in [0, 0.1) is 0 Å². The van der Waals surface area contributed by atoms with Crippen molar-refractivity contribution in [3.8, 4) is 17.2 Å². The maximum atomic E-state index is 11.1. The summed E-state index contributed by atoms with van der Waals surface area (Å²) in [6, 6.07) is 11.4. The molecule has 0 aliphatic heterocycles. The third-order valence-electron chi connectivity index (χ3n) is 2.95. The molecule has 0 amide bonds. The van der Waals surface area contributed by atoms with E-state index in [-0.39, 0.29) is 0 Å². The molecule has 0 aliphatic rings. The average Bonchev–Trinajstić information content (AvgIpc) is 2.53. The minimum absolute atomic E-state index is 0.375. The van der Waals surface area contributed by atoms with Crippen molar-refractivity contribution in [1.29, 1.82) is 0 Å². The van der Waals surface area contributed by atoms with E-state index >= 15 is 0 Å². The average molecular weight is 351 g/mol. The Morgan fingerprint density at radius 1 is 1.10 bits per heavy atom. The van der Waals surface area contributed by atoms with Gasteiger partial charge in [-0.2, -0.15) is 0 Å². The summed E-state index contributed by atoms with van der Waals surface area (Å²) in [6.07, 6.45) is 0.732. The van der Waals surface area contributed by atoms with Crippen LogP contribution in [0.1, 0.15) is 15.9 Å². The number of carbonyl (C=O) groups is 1. The first-order valence-electron chi connectivity index (χ1n) is 6.27. The zero-order chi connectivity index (χ0) is 15.2. The summed E-state index contributed by atoms with van der Waals surface area (Å²) in [4.78, 5) is 11.1. The molecule has 0 unspecified atom stereocenters. The zero-order valence-electron chi connectivity index (χ0n) is 11.8. The first kappa shape index (κ1) is 15.4. The fraction of sp³-hybridized carbons (Fsp3) is 0.188. The van der Waals surface area contributed by atoms with Gasteiger partial charge in [-0.1, -0.05) is 30.3 Å². The molecule has 21 heavy (non-hydrogen) atoms. The Morgan fingerprint density at radius 2 is 1.81 bits per heavy atom. The minimum Gasteiger partial charge on any atom is -0.493 e. The molecule has 5 heteroatoms. The van der Waals surface area contributed by atoms with Crippen LogP contribution >= 0.6 is 15.9 Å². The molecule has 2 aromatic rings. The van der Waals surface area contributed by atoms with E-state index in [1.807, 2.05) is 30.3 Å². The van der Waals surface area contributed by atoms with Crippen LogP contribution in [0.2, 0.25) is 0 Å². The topological polar surface area (TPSA) is 44.8 Å². The van der Waals surface area contributed by atoms with E-state index in [2.05, 4.69) is 15.9 Å². The van der Waals surface area contributed by atoms with Crippen molar-refractivity contribution in [1.82, 2.24) is 0 Å². The molecule has 0 aromatic heterocycles. The number of hydrogen-bond donors (Lipinski definition) is 0. The van der Waals surface area contributed by atoms with E-state index in [1.54, 1.807) is 6.07 Å². The number of hydrogen-bond acceptors (Lipinski definition) is 4. The molecule has 110 valence electrons. The van der Waals surface area contributed by atoms with E-state index in [0.29, 0.717) is 33.9 Å². The summed E-state index contributed by atoms with van der Waals surface area (Å²) >= 11 is 3.35. The summed E-state index contributed by atoms with van der Waals surface area (Å²) in [5.41, 5.74) is 1.47. The van der Waals surface area contributed by atoms with E-state index in [0.717, 1.165) is 11.8 Å². The fourth-order valence-corrected chi connectivity index (χ4v) is 2.45. The van der Waals surface area contributed by atoms with Gasteiger partial charge in [0, 0.05) is 5.56 Å². The van der Waals surface area contributed by atoms with Gasteiger partial charge >= 0.3 is 0 Å². The van der Waals surface area contributed by atoms with Crippen LogP contribution < -0.4 is 14.2 Å². The van der Waals surface area contributed by atoms with Gasteiger partial charge in [-0.15, -0.1) is 0 Å². The van der Waals surface area contributed by atoms with Crippen LogP contribution in [0.5, 0.6) is 17.2 Å². The number of benzene rings is 2. The molecular formula is C16H15BrO4. The number of carbonyl (C=O) groups excluding carboxylic acids is 1. The molecule has 0 aliphatic carbocycles. The standard InChI is InChI=1S/C16H15BrO4/c1-19-13-8-12(9-18)14(17)16(20-2)15(13)21-10-11-6-4-3-5-7-11/h3-9H,10H2,1-2H3. The molecule has 0 fully saturated rings. The Morgan fingerprint density at radius 3 is 2.38 bits per heavy atom. The SMILES string of the molecule is COc1cc(C=O)c(Br)c(OC)c1OCc1ccccc1. The third kappa shape index (κ3) is 3.36. The molecular weight excluding hydrogens is 336 g/mol. The van der Waals surface area contributed by atoms with Crippen molar-refractivity contribution in [2.24, 2.45) is 0 Å². The lowest BCUT2D eigenvalue weighted by molar-refractivity contribution is 0.112. The van der Waals surface area contributed by atoms with E-state index in [1.165, 1.54) is 14.2 Å². The molecule has 0 bridgehead atoms. The van der Waals surface area contributed by atoms with Gasteiger partial charge in [-0.05, 0) is 27.6 Å². The number of aldehydes is 1. The molecule has 0 radical (unpaired) electrons. The molecule has 2 rings (SSSR count). The first-order valence-corrected chi connectivity index (χ1v) is 7.07. The molecule has 4 nitrogen and oxygen atoms in total. The van der Waals surface area contributed by atoms with Crippen molar-refractivity contribution in [2.75, 3.05) is 14.2 Å². The van der Waals surface area contributed by atoms with Crippen LogP contribution in [-0.2, 0) is 6.61 Å². The van der Waals surface area contributed by atoms with E-state index in [9.17, 15) is 4.79 Å². The van der Waals surface area contributed by atoms with Gasteiger partial charge in [0.05, 0.1) is 18.7 Å². The van der Waals surface area contributed by atoms with E-state index < -0.39 is 0 Å². The summed E-state index contributed by atoms with van der Waals surface area (Å²) in [5.74, 6) is 1.35. The second kappa shape index (κ2) is 7.13. The van der Waals surface area contributed by atoms with Gasteiger partial charge in [0.2, 0.25) is 5.75 Å². The largest absolute Gasteiger partial charge is 0.493 e. The van der Waals surface area contributed by atoms with Crippen molar-refractivity contribution in [2.45, 2.75) is 6.61 Å². The van der Waals surface area contributed by atoms with Crippen LogP contribution in [0.15, 0.2) is 40.9 Å². The highest BCUT2D eigenvalue weighted by atomic mass is 79.9.